The number of halogens is 1. The van der Waals surface area contributed by atoms with Gasteiger partial charge in [0, 0.05) is 34.5 Å². The summed E-state index contributed by atoms with van der Waals surface area (Å²) in [5.41, 5.74) is 7.41. The van der Waals surface area contributed by atoms with E-state index in [0.717, 1.165) is 0 Å². The molecule has 0 atom stereocenters. The fourth-order valence-corrected chi connectivity index (χ4v) is 2.05. The summed E-state index contributed by atoms with van der Waals surface area (Å²) in [6.45, 7) is 0. The van der Waals surface area contributed by atoms with Gasteiger partial charge in [-0.2, -0.15) is 0 Å². The fourth-order valence-electron chi connectivity index (χ4n) is 1.67. The van der Waals surface area contributed by atoms with Crippen molar-refractivity contribution in [2.75, 3.05) is 17.7 Å². The maximum absolute atomic E-state index is 12.3. The van der Waals surface area contributed by atoms with Crippen LogP contribution in [-0.4, -0.2) is 18.1 Å². The summed E-state index contributed by atoms with van der Waals surface area (Å²) in [7, 11) is 1.65. The first-order valence-electron chi connectivity index (χ1n) is 5.61. The molecular weight excluding hydrogens is 308 g/mol. The first kappa shape index (κ1) is 13.4. The molecule has 3 N–H and O–H groups in total. The van der Waals surface area contributed by atoms with Gasteiger partial charge in [0.1, 0.15) is 5.75 Å². The Kier molecular flexibility index (Phi) is 3.76. The average molecular weight is 321 g/mol. The van der Waals surface area contributed by atoms with Crippen LogP contribution in [0.4, 0.5) is 11.4 Å². The third kappa shape index (κ3) is 2.88. The van der Waals surface area contributed by atoms with E-state index < -0.39 is 0 Å². The molecule has 2 rings (SSSR count). The normalized spacial score (nSPS) is 10.2. The Balaban J connectivity index is 2.30. The van der Waals surface area contributed by atoms with E-state index in [4.69, 9.17) is 5.73 Å². The van der Waals surface area contributed by atoms with Crippen molar-refractivity contribution in [1.82, 2.24) is 0 Å². The molecule has 19 heavy (non-hydrogen) atoms. The van der Waals surface area contributed by atoms with E-state index in [9.17, 15) is 9.90 Å². The van der Waals surface area contributed by atoms with Crippen LogP contribution in [0.1, 0.15) is 10.4 Å². The van der Waals surface area contributed by atoms with Crippen molar-refractivity contribution < 1.29 is 9.90 Å². The van der Waals surface area contributed by atoms with Crippen LogP contribution in [0, 0.1) is 0 Å². The van der Waals surface area contributed by atoms with Gasteiger partial charge in [0.25, 0.3) is 5.91 Å². The lowest BCUT2D eigenvalue weighted by Gasteiger charge is -2.18. The molecule has 0 spiro atoms. The minimum Gasteiger partial charge on any atom is -0.508 e. The summed E-state index contributed by atoms with van der Waals surface area (Å²) in [5, 5.41) is 9.43. The number of nitrogen functional groups attached to an aromatic ring is 1. The number of nitrogens with zero attached hydrogens (tertiary/aromatic N) is 1. The van der Waals surface area contributed by atoms with Gasteiger partial charge in [0.15, 0.2) is 0 Å². The first-order valence-corrected chi connectivity index (χ1v) is 6.40. The summed E-state index contributed by atoms with van der Waals surface area (Å²) in [4.78, 5) is 13.8. The van der Waals surface area contributed by atoms with Gasteiger partial charge in [-0.3, -0.25) is 4.79 Å². The van der Waals surface area contributed by atoms with E-state index >= 15 is 0 Å². The Morgan fingerprint density at radius 2 is 2.00 bits per heavy atom. The van der Waals surface area contributed by atoms with E-state index in [0.29, 0.717) is 21.4 Å². The number of rotatable bonds is 2. The molecule has 2 aromatic carbocycles. The van der Waals surface area contributed by atoms with Gasteiger partial charge >= 0.3 is 0 Å². The first-order chi connectivity index (χ1) is 8.99. The van der Waals surface area contributed by atoms with E-state index in [1.807, 2.05) is 0 Å². The third-order valence-corrected chi connectivity index (χ3v) is 3.46. The lowest BCUT2D eigenvalue weighted by molar-refractivity contribution is 0.0993. The topological polar surface area (TPSA) is 66.6 Å². The quantitative estimate of drug-likeness (QED) is 0.836. The molecule has 0 unspecified atom stereocenters. The third-order valence-electron chi connectivity index (χ3n) is 2.77. The molecule has 1 amide bonds. The summed E-state index contributed by atoms with van der Waals surface area (Å²) >= 11 is 3.30. The van der Waals surface area contributed by atoms with Gasteiger partial charge in [-0.15, -0.1) is 0 Å². The summed E-state index contributed by atoms with van der Waals surface area (Å²) < 4.78 is 0.683. The minimum atomic E-state index is -0.175. The van der Waals surface area contributed by atoms with Crippen LogP contribution < -0.4 is 10.6 Å². The summed E-state index contributed by atoms with van der Waals surface area (Å²) in [6.07, 6.45) is 0. The van der Waals surface area contributed by atoms with Crippen LogP contribution in [0.2, 0.25) is 0 Å². The van der Waals surface area contributed by atoms with E-state index in [1.165, 1.54) is 11.0 Å². The molecule has 0 aliphatic rings. The maximum atomic E-state index is 12.3. The van der Waals surface area contributed by atoms with E-state index in [-0.39, 0.29) is 11.7 Å². The Morgan fingerprint density at radius 3 is 2.63 bits per heavy atom. The molecule has 5 heteroatoms. The second kappa shape index (κ2) is 5.32. The molecular formula is C14H13BrN2O2. The minimum absolute atomic E-state index is 0.121. The largest absolute Gasteiger partial charge is 0.508 e. The SMILES string of the molecule is CN(C(=O)c1ccc(N)c(Br)c1)c1cccc(O)c1. The molecule has 0 fully saturated rings. The fraction of sp³-hybridized carbons (Fsp3) is 0.0714. The van der Waals surface area contributed by atoms with Crippen LogP contribution in [-0.2, 0) is 0 Å². The van der Waals surface area contributed by atoms with Gasteiger partial charge in [-0.25, -0.2) is 0 Å². The number of anilines is 2. The van der Waals surface area contributed by atoms with Crippen LogP contribution in [0.15, 0.2) is 46.9 Å². The molecule has 0 aromatic heterocycles. The standard InChI is InChI=1S/C14H13BrN2O2/c1-17(10-3-2-4-11(18)8-10)14(19)9-5-6-13(16)12(15)7-9/h2-8,18H,16H2,1H3. The number of carbonyl (C=O) groups excluding carboxylic acids is 1. The van der Waals surface area contributed by atoms with Gasteiger partial charge in [-0.1, -0.05) is 6.07 Å². The maximum Gasteiger partial charge on any atom is 0.258 e. The summed E-state index contributed by atoms with van der Waals surface area (Å²) in [5.74, 6) is -0.0538. The lowest BCUT2D eigenvalue weighted by Crippen LogP contribution is -2.26. The van der Waals surface area contributed by atoms with Crippen LogP contribution in [0.5, 0.6) is 5.75 Å². The number of carbonyl (C=O) groups is 1. The molecule has 0 saturated heterocycles. The monoisotopic (exact) mass is 320 g/mol. The predicted octanol–water partition coefficient (Wildman–Crippen LogP) is 3.01. The smallest absolute Gasteiger partial charge is 0.258 e. The van der Waals surface area contributed by atoms with Crippen LogP contribution in [0.25, 0.3) is 0 Å². The Hall–Kier alpha value is -2.01. The molecule has 0 bridgehead atoms. The predicted molar refractivity (Wildman–Crippen MR) is 79.4 cm³/mol. The zero-order valence-electron chi connectivity index (χ0n) is 10.3. The number of phenolic OH excluding ortho intramolecular Hbond substituents is 1. The van der Waals surface area contributed by atoms with Gasteiger partial charge in [-0.05, 0) is 46.3 Å². The van der Waals surface area contributed by atoms with Crippen LogP contribution in [0.3, 0.4) is 0 Å². The number of hydrogen-bond acceptors (Lipinski definition) is 3. The Labute approximate surface area is 119 Å². The lowest BCUT2D eigenvalue weighted by atomic mass is 10.1. The van der Waals surface area contributed by atoms with Crippen molar-refractivity contribution >= 4 is 33.2 Å². The molecule has 98 valence electrons. The number of nitrogens with two attached hydrogens (primary N) is 1. The number of aromatic hydroxyl groups is 1. The molecule has 0 heterocycles. The molecule has 4 nitrogen and oxygen atoms in total. The Morgan fingerprint density at radius 1 is 1.26 bits per heavy atom. The van der Waals surface area contributed by atoms with Gasteiger partial charge < -0.3 is 15.7 Å². The van der Waals surface area contributed by atoms with E-state index in [1.54, 1.807) is 43.4 Å². The highest BCUT2D eigenvalue weighted by Gasteiger charge is 2.14. The Bertz CT molecular complexity index is 629. The zero-order chi connectivity index (χ0) is 14.0. The molecule has 0 aliphatic heterocycles. The second-order valence-corrected chi connectivity index (χ2v) is 4.97. The number of benzene rings is 2. The highest BCUT2D eigenvalue weighted by atomic mass is 79.9. The van der Waals surface area contributed by atoms with Crippen molar-refractivity contribution in [2.24, 2.45) is 0 Å². The molecule has 2 aromatic rings. The van der Waals surface area contributed by atoms with Gasteiger partial charge in [0.05, 0.1) is 0 Å². The van der Waals surface area contributed by atoms with E-state index in [2.05, 4.69) is 15.9 Å². The van der Waals surface area contributed by atoms with Gasteiger partial charge in [0.2, 0.25) is 0 Å². The highest BCUT2D eigenvalue weighted by Crippen LogP contribution is 2.24. The molecule has 0 radical (unpaired) electrons. The number of phenols is 1. The highest BCUT2D eigenvalue weighted by molar-refractivity contribution is 9.10. The molecule has 0 aliphatic carbocycles. The van der Waals surface area contributed by atoms with Crippen molar-refractivity contribution in [3.63, 3.8) is 0 Å². The van der Waals surface area contributed by atoms with Crippen molar-refractivity contribution in [2.45, 2.75) is 0 Å². The van der Waals surface area contributed by atoms with Crippen molar-refractivity contribution in [3.8, 4) is 5.75 Å². The number of amides is 1. The van der Waals surface area contributed by atoms with Crippen LogP contribution >= 0.6 is 15.9 Å². The second-order valence-electron chi connectivity index (χ2n) is 4.12. The summed E-state index contributed by atoms with van der Waals surface area (Å²) in [6, 6.07) is 11.6. The average Bonchev–Trinajstić information content (AvgIpc) is 2.40. The molecule has 0 saturated carbocycles. The zero-order valence-corrected chi connectivity index (χ0v) is 11.9. The van der Waals surface area contributed by atoms with Crippen molar-refractivity contribution in [1.29, 1.82) is 0 Å². The number of hydrogen-bond donors (Lipinski definition) is 2. The van der Waals surface area contributed by atoms with Crippen molar-refractivity contribution in [3.05, 3.63) is 52.5 Å².